The molecule has 8 heteroatoms. The number of amides is 1. The van der Waals surface area contributed by atoms with Crippen LogP contribution in [0.1, 0.15) is 0 Å². The first-order valence-corrected chi connectivity index (χ1v) is 7.87. The monoisotopic (exact) mass is 325 g/mol. The number of benzene rings is 1. The van der Waals surface area contributed by atoms with Crippen molar-refractivity contribution in [2.45, 2.75) is 0 Å². The zero-order valence-electron chi connectivity index (χ0n) is 11.7. The van der Waals surface area contributed by atoms with E-state index in [4.69, 9.17) is 11.6 Å². The molecule has 2 heterocycles. The van der Waals surface area contributed by atoms with Gasteiger partial charge in [-0.05, 0) is 19.2 Å². The number of nitrogens with zero attached hydrogens (tertiary/aromatic N) is 4. The summed E-state index contributed by atoms with van der Waals surface area (Å²) in [5.41, 5.74) is 2.20. The normalized spacial score (nSPS) is 16.4. The minimum Gasteiger partial charge on any atom is -0.373 e. The topological polar surface area (TPSA) is 61.4 Å². The summed E-state index contributed by atoms with van der Waals surface area (Å²) in [7, 11) is 2.07. The maximum Gasteiger partial charge on any atom is 0.241 e. The maximum atomic E-state index is 12.2. The van der Waals surface area contributed by atoms with Crippen molar-refractivity contribution < 1.29 is 4.79 Å². The van der Waals surface area contributed by atoms with Gasteiger partial charge < -0.3 is 15.1 Å². The predicted molar refractivity (Wildman–Crippen MR) is 85.0 cm³/mol. The van der Waals surface area contributed by atoms with E-state index in [1.54, 1.807) is 6.07 Å². The van der Waals surface area contributed by atoms with Gasteiger partial charge in [-0.1, -0.05) is 11.6 Å². The molecule has 6 nitrogen and oxygen atoms in total. The van der Waals surface area contributed by atoms with Gasteiger partial charge in [-0.15, -0.1) is 0 Å². The van der Waals surface area contributed by atoms with Crippen LogP contribution in [-0.2, 0) is 4.79 Å². The van der Waals surface area contributed by atoms with Crippen LogP contribution in [0.2, 0.25) is 5.02 Å². The molecule has 0 atom stereocenters. The molecule has 1 N–H and O–H groups in total. The van der Waals surface area contributed by atoms with Gasteiger partial charge in [-0.2, -0.15) is 8.75 Å². The Balaban J connectivity index is 1.67. The summed E-state index contributed by atoms with van der Waals surface area (Å²) in [5.74, 6) is 0.0827. The fourth-order valence-electron chi connectivity index (χ4n) is 2.33. The highest BCUT2D eigenvalue weighted by Gasteiger charge is 2.19. The molecule has 1 fully saturated rings. The number of halogens is 1. The van der Waals surface area contributed by atoms with Gasteiger partial charge >= 0.3 is 0 Å². The van der Waals surface area contributed by atoms with Crippen LogP contribution in [-0.4, -0.2) is 64.2 Å². The lowest BCUT2D eigenvalue weighted by molar-refractivity contribution is -0.130. The molecule has 112 valence electrons. The standard InChI is InChI=1S/C13H16ClN5OS/c1-18-4-6-19(7-5-18)11(20)8-15-12-9(14)2-3-10-13(12)17-21-16-10/h2-3,15H,4-8H2,1H3. The van der Waals surface area contributed by atoms with E-state index in [-0.39, 0.29) is 12.5 Å². The number of aromatic nitrogens is 2. The van der Waals surface area contributed by atoms with E-state index >= 15 is 0 Å². The van der Waals surface area contributed by atoms with E-state index in [1.165, 1.54) is 0 Å². The number of carbonyl (C=O) groups excluding carboxylic acids is 1. The largest absolute Gasteiger partial charge is 0.373 e. The Kier molecular flexibility index (Phi) is 4.23. The highest BCUT2D eigenvalue weighted by atomic mass is 35.5. The number of anilines is 1. The summed E-state index contributed by atoms with van der Waals surface area (Å²) in [6, 6.07) is 3.60. The molecule has 0 aliphatic carbocycles. The zero-order chi connectivity index (χ0) is 14.8. The first kappa shape index (κ1) is 14.5. The van der Waals surface area contributed by atoms with Gasteiger partial charge in [0, 0.05) is 26.2 Å². The molecular formula is C13H16ClN5OS. The van der Waals surface area contributed by atoms with E-state index in [9.17, 15) is 4.79 Å². The van der Waals surface area contributed by atoms with Gasteiger partial charge in [-0.3, -0.25) is 4.79 Å². The second-order valence-corrected chi connectivity index (χ2v) is 6.03. The molecule has 0 saturated carbocycles. The number of fused-ring (bicyclic) bond motifs is 1. The Morgan fingerprint density at radius 2 is 2.10 bits per heavy atom. The maximum absolute atomic E-state index is 12.2. The van der Waals surface area contributed by atoms with E-state index in [0.717, 1.165) is 48.9 Å². The Morgan fingerprint density at radius 1 is 1.33 bits per heavy atom. The van der Waals surface area contributed by atoms with Gasteiger partial charge in [0.1, 0.15) is 11.0 Å². The molecule has 1 aromatic heterocycles. The third-order valence-corrected chi connectivity index (χ3v) is 4.51. The molecule has 1 saturated heterocycles. The molecule has 1 aliphatic rings. The molecule has 0 radical (unpaired) electrons. The minimum atomic E-state index is 0.0827. The molecule has 2 aromatic rings. The Labute approximate surface area is 132 Å². The third kappa shape index (κ3) is 3.09. The molecule has 1 aromatic carbocycles. The van der Waals surface area contributed by atoms with Crippen LogP contribution in [0.15, 0.2) is 12.1 Å². The molecule has 0 bridgehead atoms. The fraction of sp³-hybridized carbons (Fsp3) is 0.462. The highest BCUT2D eigenvalue weighted by Crippen LogP contribution is 2.29. The van der Waals surface area contributed by atoms with Crippen molar-refractivity contribution in [3.8, 4) is 0 Å². The lowest BCUT2D eigenvalue weighted by Crippen LogP contribution is -2.48. The Bertz CT molecular complexity index is 653. The summed E-state index contributed by atoms with van der Waals surface area (Å²) in [5, 5.41) is 3.67. The molecule has 21 heavy (non-hydrogen) atoms. The van der Waals surface area contributed by atoms with Crippen molar-refractivity contribution in [3.05, 3.63) is 17.2 Å². The number of hydrogen-bond acceptors (Lipinski definition) is 6. The fourth-order valence-corrected chi connectivity index (χ4v) is 3.09. The van der Waals surface area contributed by atoms with Crippen molar-refractivity contribution in [1.29, 1.82) is 0 Å². The average Bonchev–Trinajstić information content (AvgIpc) is 2.95. The quantitative estimate of drug-likeness (QED) is 0.927. The number of piperazine rings is 1. The van der Waals surface area contributed by atoms with Gasteiger partial charge in [0.25, 0.3) is 0 Å². The molecule has 3 rings (SSSR count). The second-order valence-electron chi connectivity index (χ2n) is 5.09. The van der Waals surface area contributed by atoms with Crippen LogP contribution >= 0.6 is 23.3 Å². The van der Waals surface area contributed by atoms with Gasteiger partial charge in [-0.25, -0.2) is 0 Å². The molecular weight excluding hydrogens is 310 g/mol. The van der Waals surface area contributed by atoms with Crippen molar-refractivity contribution in [2.24, 2.45) is 0 Å². The summed E-state index contributed by atoms with van der Waals surface area (Å²) < 4.78 is 8.41. The summed E-state index contributed by atoms with van der Waals surface area (Å²) in [6.45, 7) is 3.59. The number of rotatable bonds is 3. The predicted octanol–water partition coefficient (Wildman–Crippen LogP) is 1.53. The van der Waals surface area contributed by atoms with Crippen molar-refractivity contribution in [1.82, 2.24) is 18.5 Å². The molecule has 1 amide bonds. The van der Waals surface area contributed by atoms with E-state index in [1.807, 2.05) is 11.0 Å². The van der Waals surface area contributed by atoms with Gasteiger partial charge in [0.05, 0.1) is 29.0 Å². The zero-order valence-corrected chi connectivity index (χ0v) is 13.2. The van der Waals surface area contributed by atoms with Crippen LogP contribution in [0, 0.1) is 0 Å². The number of nitrogens with one attached hydrogen (secondary N) is 1. The molecule has 0 spiro atoms. The van der Waals surface area contributed by atoms with Crippen LogP contribution in [0.4, 0.5) is 5.69 Å². The minimum absolute atomic E-state index is 0.0827. The Hall–Kier alpha value is -1.44. The summed E-state index contributed by atoms with van der Waals surface area (Å²) >= 11 is 7.33. The van der Waals surface area contributed by atoms with Crippen molar-refractivity contribution in [3.63, 3.8) is 0 Å². The SMILES string of the molecule is CN1CCN(C(=O)CNc2c(Cl)ccc3nsnc23)CC1. The average molecular weight is 326 g/mol. The number of likely N-dealkylation sites (N-methyl/N-ethyl adjacent to an activating group) is 1. The van der Waals surface area contributed by atoms with Crippen LogP contribution < -0.4 is 5.32 Å². The van der Waals surface area contributed by atoms with Gasteiger partial charge in [0.2, 0.25) is 5.91 Å². The third-order valence-electron chi connectivity index (χ3n) is 3.65. The van der Waals surface area contributed by atoms with Crippen LogP contribution in [0.5, 0.6) is 0 Å². The lowest BCUT2D eigenvalue weighted by atomic mass is 10.2. The number of carbonyl (C=O) groups is 1. The first-order valence-electron chi connectivity index (χ1n) is 6.76. The summed E-state index contributed by atoms with van der Waals surface area (Å²) in [6.07, 6.45) is 0. The van der Waals surface area contributed by atoms with Crippen molar-refractivity contribution in [2.75, 3.05) is 45.1 Å². The lowest BCUT2D eigenvalue weighted by Gasteiger charge is -2.32. The van der Waals surface area contributed by atoms with Crippen molar-refractivity contribution >= 4 is 46.0 Å². The van der Waals surface area contributed by atoms with Gasteiger partial charge in [0.15, 0.2) is 0 Å². The second kappa shape index (κ2) is 6.13. The smallest absolute Gasteiger partial charge is 0.241 e. The van der Waals surface area contributed by atoms with E-state index in [2.05, 4.69) is 26.0 Å². The molecule has 0 unspecified atom stereocenters. The number of hydrogen-bond donors (Lipinski definition) is 1. The summed E-state index contributed by atoms with van der Waals surface area (Å²) in [4.78, 5) is 16.3. The van der Waals surface area contributed by atoms with Crippen LogP contribution in [0.3, 0.4) is 0 Å². The van der Waals surface area contributed by atoms with Crippen LogP contribution in [0.25, 0.3) is 11.0 Å². The van der Waals surface area contributed by atoms with E-state index < -0.39 is 0 Å². The molecule has 1 aliphatic heterocycles. The highest BCUT2D eigenvalue weighted by molar-refractivity contribution is 7.00. The Morgan fingerprint density at radius 3 is 2.86 bits per heavy atom. The van der Waals surface area contributed by atoms with E-state index in [0.29, 0.717) is 10.7 Å². The first-order chi connectivity index (χ1) is 10.1.